The number of aliphatic hydroxyl groups is 1. The van der Waals surface area contributed by atoms with Crippen LogP contribution in [-0.2, 0) is 0 Å². The van der Waals surface area contributed by atoms with Crippen molar-refractivity contribution >= 4 is 0 Å². The Kier molecular flexibility index (Phi) is 3.06. The van der Waals surface area contributed by atoms with Crippen molar-refractivity contribution in [2.75, 3.05) is 0 Å². The van der Waals surface area contributed by atoms with Crippen molar-refractivity contribution in [2.24, 2.45) is 0 Å². The minimum atomic E-state index is -0.559. The summed E-state index contributed by atoms with van der Waals surface area (Å²) in [6.07, 6.45) is -0.559. The van der Waals surface area contributed by atoms with Crippen LogP contribution >= 0.6 is 0 Å². The van der Waals surface area contributed by atoms with Crippen LogP contribution in [0.4, 0.5) is 0 Å². The molecule has 0 spiro atoms. The lowest BCUT2D eigenvalue weighted by Crippen LogP contribution is -2.32. The molecule has 1 aromatic rings. The predicted molar refractivity (Wildman–Crippen MR) is 54.4 cm³/mol. The van der Waals surface area contributed by atoms with Crippen LogP contribution in [0.5, 0.6) is 0 Å². The Balaban J connectivity index is 3.28. The number of aryl methyl sites for hydroxylation is 2. The van der Waals surface area contributed by atoms with Crippen molar-refractivity contribution < 1.29 is 5.11 Å². The molecule has 0 aliphatic heterocycles. The quantitative estimate of drug-likeness (QED) is 0.761. The van der Waals surface area contributed by atoms with E-state index < -0.39 is 6.10 Å². The highest BCUT2D eigenvalue weighted by molar-refractivity contribution is 5.07. The molecule has 0 amide bonds. The molecule has 1 heterocycles. The van der Waals surface area contributed by atoms with E-state index in [1.807, 2.05) is 13.0 Å². The third-order valence-corrected chi connectivity index (χ3v) is 2.38. The number of aliphatic hydroxyl groups excluding tert-OH is 1. The first-order chi connectivity index (χ1) is 6.43. The van der Waals surface area contributed by atoms with E-state index in [2.05, 4.69) is 4.98 Å². The average molecular weight is 196 g/mol. The molecule has 1 aromatic heterocycles. The lowest BCUT2D eigenvalue weighted by atomic mass is 10.2. The molecule has 0 bridgehead atoms. The minimum Gasteiger partial charge on any atom is -0.391 e. The third kappa shape index (κ3) is 2.01. The lowest BCUT2D eigenvalue weighted by Gasteiger charge is -2.19. The number of hydrogen-bond donors (Lipinski definition) is 1. The van der Waals surface area contributed by atoms with Crippen molar-refractivity contribution in [1.82, 2.24) is 9.55 Å². The van der Waals surface area contributed by atoms with Crippen molar-refractivity contribution in [3.05, 3.63) is 27.9 Å². The van der Waals surface area contributed by atoms with Crippen molar-refractivity contribution in [3.63, 3.8) is 0 Å². The van der Waals surface area contributed by atoms with E-state index in [-0.39, 0.29) is 11.7 Å². The van der Waals surface area contributed by atoms with Gasteiger partial charge in [-0.3, -0.25) is 4.57 Å². The molecule has 2 unspecified atom stereocenters. The van der Waals surface area contributed by atoms with Crippen LogP contribution in [0.15, 0.2) is 10.9 Å². The number of hydrogen-bond acceptors (Lipinski definition) is 3. The van der Waals surface area contributed by atoms with Gasteiger partial charge < -0.3 is 5.11 Å². The number of rotatable bonds is 2. The summed E-state index contributed by atoms with van der Waals surface area (Å²) in [7, 11) is 0. The Hall–Kier alpha value is -1.16. The van der Waals surface area contributed by atoms with Crippen LogP contribution in [0, 0.1) is 13.8 Å². The second kappa shape index (κ2) is 3.92. The fourth-order valence-electron chi connectivity index (χ4n) is 1.47. The normalized spacial score (nSPS) is 15.2. The lowest BCUT2D eigenvalue weighted by molar-refractivity contribution is 0.135. The molecule has 14 heavy (non-hydrogen) atoms. The number of aromatic nitrogens is 2. The summed E-state index contributed by atoms with van der Waals surface area (Å²) in [5.74, 6) is 0. The van der Waals surface area contributed by atoms with Crippen molar-refractivity contribution in [1.29, 1.82) is 0 Å². The highest BCUT2D eigenvalue weighted by atomic mass is 16.3. The maximum absolute atomic E-state index is 11.5. The van der Waals surface area contributed by atoms with Gasteiger partial charge in [-0.05, 0) is 33.8 Å². The monoisotopic (exact) mass is 196 g/mol. The molecule has 0 aromatic carbocycles. The fourth-order valence-corrected chi connectivity index (χ4v) is 1.47. The molecule has 1 N–H and O–H groups in total. The molecule has 0 aliphatic carbocycles. The van der Waals surface area contributed by atoms with Gasteiger partial charge in [0, 0.05) is 11.4 Å². The summed E-state index contributed by atoms with van der Waals surface area (Å²) < 4.78 is 1.51. The standard InChI is InChI=1S/C10H16N2O2/c1-6-5-7(2)12(10(14)11-6)8(3)9(4)13/h5,8-9,13H,1-4H3. The van der Waals surface area contributed by atoms with E-state index in [1.165, 1.54) is 4.57 Å². The Bertz CT molecular complexity index is 382. The van der Waals surface area contributed by atoms with Gasteiger partial charge in [-0.2, -0.15) is 4.98 Å². The zero-order valence-electron chi connectivity index (χ0n) is 8.98. The molecule has 0 saturated heterocycles. The summed E-state index contributed by atoms with van der Waals surface area (Å²) >= 11 is 0. The smallest absolute Gasteiger partial charge is 0.348 e. The summed E-state index contributed by atoms with van der Waals surface area (Å²) in [4.78, 5) is 15.4. The van der Waals surface area contributed by atoms with Gasteiger partial charge in [0.2, 0.25) is 0 Å². The molecule has 2 atom stereocenters. The largest absolute Gasteiger partial charge is 0.391 e. The first-order valence-corrected chi connectivity index (χ1v) is 4.68. The van der Waals surface area contributed by atoms with Gasteiger partial charge in [0.15, 0.2) is 0 Å². The third-order valence-electron chi connectivity index (χ3n) is 2.38. The molecule has 0 fully saturated rings. The molecular weight excluding hydrogens is 180 g/mol. The Labute approximate surface area is 83.2 Å². The average Bonchev–Trinajstić information content (AvgIpc) is 2.01. The fraction of sp³-hybridized carbons (Fsp3) is 0.600. The van der Waals surface area contributed by atoms with Crippen LogP contribution in [0.25, 0.3) is 0 Å². The zero-order valence-corrected chi connectivity index (χ0v) is 8.98. The molecule has 4 nitrogen and oxygen atoms in total. The molecule has 0 radical (unpaired) electrons. The van der Waals surface area contributed by atoms with Gasteiger partial charge in [0.25, 0.3) is 0 Å². The van der Waals surface area contributed by atoms with Crippen LogP contribution in [0.3, 0.4) is 0 Å². The minimum absolute atomic E-state index is 0.240. The molecule has 78 valence electrons. The van der Waals surface area contributed by atoms with Crippen molar-refractivity contribution in [2.45, 2.75) is 39.8 Å². The van der Waals surface area contributed by atoms with Crippen LogP contribution in [0.1, 0.15) is 31.3 Å². The van der Waals surface area contributed by atoms with Gasteiger partial charge in [0.05, 0.1) is 12.1 Å². The summed E-state index contributed by atoms with van der Waals surface area (Å²) in [5.41, 5.74) is 1.24. The van der Waals surface area contributed by atoms with Gasteiger partial charge in [-0.25, -0.2) is 4.79 Å². The first kappa shape index (κ1) is 10.9. The maximum Gasteiger partial charge on any atom is 0.348 e. The molecule has 4 heteroatoms. The zero-order chi connectivity index (χ0) is 10.9. The van der Waals surface area contributed by atoms with Crippen LogP contribution in [0.2, 0.25) is 0 Å². The van der Waals surface area contributed by atoms with Gasteiger partial charge in [-0.15, -0.1) is 0 Å². The highest BCUT2D eigenvalue weighted by Crippen LogP contribution is 2.10. The first-order valence-electron chi connectivity index (χ1n) is 4.68. The van der Waals surface area contributed by atoms with Crippen LogP contribution in [-0.4, -0.2) is 20.8 Å². The van der Waals surface area contributed by atoms with Gasteiger partial charge in [0.1, 0.15) is 0 Å². The second-order valence-electron chi connectivity index (χ2n) is 3.67. The molecule has 0 saturated carbocycles. The summed E-state index contributed by atoms with van der Waals surface area (Å²) in [6, 6.07) is 1.59. The Morgan fingerprint density at radius 2 is 2.00 bits per heavy atom. The van der Waals surface area contributed by atoms with E-state index in [0.717, 1.165) is 5.69 Å². The Morgan fingerprint density at radius 1 is 1.43 bits per heavy atom. The van der Waals surface area contributed by atoms with Crippen LogP contribution < -0.4 is 5.69 Å². The van der Waals surface area contributed by atoms with Crippen molar-refractivity contribution in [3.8, 4) is 0 Å². The topological polar surface area (TPSA) is 55.1 Å². The Morgan fingerprint density at radius 3 is 2.43 bits per heavy atom. The molecule has 0 aliphatic rings. The maximum atomic E-state index is 11.5. The highest BCUT2D eigenvalue weighted by Gasteiger charge is 2.14. The van der Waals surface area contributed by atoms with E-state index in [4.69, 9.17) is 0 Å². The number of nitrogens with zero attached hydrogens (tertiary/aromatic N) is 2. The summed E-state index contributed by atoms with van der Waals surface area (Å²) in [5, 5.41) is 9.41. The van der Waals surface area contributed by atoms with E-state index in [9.17, 15) is 9.90 Å². The molecular formula is C10H16N2O2. The van der Waals surface area contributed by atoms with E-state index in [1.54, 1.807) is 20.8 Å². The van der Waals surface area contributed by atoms with Gasteiger partial charge >= 0.3 is 5.69 Å². The summed E-state index contributed by atoms with van der Waals surface area (Å²) in [6.45, 7) is 7.09. The predicted octanol–water partition coefficient (Wildman–Crippen LogP) is 0.802. The SMILES string of the molecule is Cc1cc(C)n(C(C)C(C)O)c(=O)n1. The van der Waals surface area contributed by atoms with Gasteiger partial charge in [-0.1, -0.05) is 0 Å². The van der Waals surface area contributed by atoms with E-state index >= 15 is 0 Å². The van der Waals surface area contributed by atoms with E-state index in [0.29, 0.717) is 5.69 Å². The second-order valence-corrected chi connectivity index (χ2v) is 3.67. The molecule has 1 rings (SSSR count).